The Balaban J connectivity index is 1.54. The first kappa shape index (κ1) is 23.6. The highest BCUT2D eigenvalue weighted by Crippen LogP contribution is 2.31. The fourth-order valence-corrected chi connectivity index (χ4v) is 4.72. The zero-order chi connectivity index (χ0) is 24.7. The van der Waals surface area contributed by atoms with Crippen LogP contribution in [0.2, 0.25) is 0 Å². The predicted octanol–water partition coefficient (Wildman–Crippen LogP) is 2.88. The molecular weight excluding hydrogens is 502 g/mol. The number of aromatic nitrogens is 4. The van der Waals surface area contributed by atoms with Crippen molar-refractivity contribution >= 4 is 44.1 Å². The maximum Gasteiger partial charge on any atom is 0.387 e. The Hall–Kier alpha value is -3.59. The number of aryl methyl sites for hydroxylation is 1. The van der Waals surface area contributed by atoms with Gasteiger partial charge in [-0.25, -0.2) is 18.6 Å². The molecule has 3 aromatic heterocycles. The fourth-order valence-electron chi connectivity index (χ4n) is 3.13. The van der Waals surface area contributed by atoms with E-state index in [2.05, 4.69) is 19.4 Å². The van der Waals surface area contributed by atoms with Gasteiger partial charge in [-0.2, -0.15) is 13.2 Å². The van der Waals surface area contributed by atoms with Gasteiger partial charge in [0.15, 0.2) is 22.5 Å². The topological polar surface area (TPSA) is 108 Å². The summed E-state index contributed by atoms with van der Waals surface area (Å²) in [6.45, 7) is -3.39. The van der Waals surface area contributed by atoms with Crippen LogP contribution in [0.25, 0.3) is 21.5 Å². The second-order valence-electron chi connectivity index (χ2n) is 6.93. The lowest BCUT2D eigenvalue weighted by atomic mass is 10.1. The number of halogens is 4. The van der Waals surface area contributed by atoms with Crippen LogP contribution in [-0.2, 0) is 25.3 Å². The number of rotatable bonds is 6. The van der Waals surface area contributed by atoms with Crippen LogP contribution in [0.3, 0.4) is 0 Å². The van der Waals surface area contributed by atoms with Crippen LogP contribution in [0, 0.1) is 11.6 Å². The van der Waals surface area contributed by atoms with Gasteiger partial charge in [0.25, 0.3) is 5.56 Å². The number of ether oxygens (including phenoxy) is 1. The van der Waals surface area contributed by atoms with Crippen molar-refractivity contribution in [3.63, 3.8) is 0 Å². The van der Waals surface area contributed by atoms with Gasteiger partial charge in [-0.3, -0.25) is 18.7 Å². The molecule has 0 spiro atoms. The summed E-state index contributed by atoms with van der Waals surface area (Å²) in [5, 5.41) is 4.16. The Morgan fingerprint density at radius 2 is 1.85 bits per heavy atom. The number of hydrogen-bond donors (Lipinski definition) is 1. The molecule has 0 atom stereocenters. The Morgan fingerprint density at radius 3 is 2.50 bits per heavy atom. The first-order valence-corrected chi connectivity index (χ1v) is 11.0. The van der Waals surface area contributed by atoms with Gasteiger partial charge in [0, 0.05) is 25.0 Å². The van der Waals surface area contributed by atoms with Crippen LogP contribution in [0.1, 0.15) is 5.69 Å². The lowest BCUT2D eigenvalue weighted by molar-refractivity contribution is -0.115. The highest BCUT2D eigenvalue weighted by Gasteiger charge is 2.21. The van der Waals surface area contributed by atoms with Crippen molar-refractivity contribution < 1.29 is 27.1 Å². The SMILES string of the molecule is Cn1c(=O)c2c(CC(=O)Nc3nc(-c4cc(F)c(OC(F)F)c(F)c4)cs3)nsc2n(C)c1=O. The summed E-state index contributed by atoms with van der Waals surface area (Å²) in [4.78, 5) is 41.4. The number of thiazole rings is 1. The molecule has 15 heteroatoms. The van der Waals surface area contributed by atoms with Gasteiger partial charge in [-0.05, 0) is 23.7 Å². The van der Waals surface area contributed by atoms with Crippen molar-refractivity contribution in [1.29, 1.82) is 0 Å². The summed E-state index contributed by atoms with van der Waals surface area (Å²) in [6, 6.07) is 1.56. The predicted molar refractivity (Wildman–Crippen MR) is 117 cm³/mol. The van der Waals surface area contributed by atoms with Gasteiger partial charge >= 0.3 is 12.3 Å². The normalized spacial score (nSPS) is 11.4. The smallest absolute Gasteiger partial charge is 0.387 e. The van der Waals surface area contributed by atoms with E-state index in [4.69, 9.17) is 0 Å². The Kier molecular flexibility index (Phi) is 6.22. The molecule has 0 radical (unpaired) electrons. The Labute approximate surface area is 195 Å². The highest BCUT2D eigenvalue weighted by molar-refractivity contribution is 7.14. The van der Waals surface area contributed by atoms with Gasteiger partial charge in [-0.1, -0.05) is 0 Å². The summed E-state index contributed by atoms with van der Waals surface area (Å²) in [6.07, 6.45) is -0.286. The molecule has 0 bridgehead atoms. The lowest BCUT2D eigenvalue weighted by Gasteiger charge is -2.08. The van der Waals surface area contributed by atoms with Crippen LogP contribution < -0.4 is 21.3 Å². The van der Waals surface area contributed by atoms with Crippen molar-refractivity contribution in [2.75, 3.05) is 5.32 Å². The van der Waals surface area contributed by atoms with Crippen LogP contribution >= 0.6 is 22.9 Å². The van der Waals surface area contributed by atoms with Gasteiger partial charge in [0.2, 0.25) is 5.91 Å². The van der Waals surface area contributed by atoms with Crippen LogP contribution in [-0.4, -0.2) is 31.0 Å². The van der Waals surface area contributed by atoms with E-state index in [-0.39, 0.29) is 33.9 Å². The average Bonchev–Trinajstić information content (AvgIpc) is 3.40. The first-order valence-electron chi connectivity index (χ1n) is 9.30. The summed E-state index contributed by atoms with van der Waals surface area (Å²) in [5.74, 6) is -4.44. The number of hydrogen-bond acceptors (Lipinski definition) is 8. The van der Waals surface area contributed by atoms with E-state index in [0.717, 1.165) is 39.6 Å². The molecule has 0 aliphatic heterocycles. The molecule has 1 N–H and O–H groups in total. The summed E-state index contributed by atoms with van der Waals surface area (Å²) in [7, 11) is 2.81. The summed E-state index contributed by atoms with van der Waals surface area (Å²) >= 11 is 1.87. The van der Waals surface area contributed by atoms with E-state index >= 15 is 0 Å². The molecule has 0 unspecified atom stereocenters. The van der Waals surface area contributed by atoms with Crippen LogP contribution in [0.5, 0.6) is 5.75 Å². The van der Waals surface area contributed by atoms with E-state index < -0.39 is 41.2 Å². The van der Waals surface area contributed by atoms with E-state index in [1.807, 2.05) is 0 Å². The van der Waals surface area contributed by atoms with Crippen molar-refractivity contribution in [1.82, 2.24) is 18.5 Å². The molecule has 3 heterocycles. The number of benzene rings is 1. The molecule has 9 nitrogen and oxygen atoms in total. The standard InChI is InChI=1S/C19H13F4N5O4S2/c1-27-15(30)13-10(26-34-16(13)28(2)19(27)31)5-12(29)25-18-24-11(6-33-18)7-3-8(20)14(9(21)4-7)32-17(22)23/h3-4,6,17H,5H2,1-2H3,(H,24,25,29). The number of alkyl halides is 2. The van der Waals surface area contributed by atoms with Crippen molar-refractivity contribution in [2.24, 2.45) is 14.1 Å². The summed E-state index contributed by atoms with van der Waals surface area (Å²) in [5.41, 5.74) is -0.874. The molecular formula is C19H13F4N5O4S2. The largest absolute Gasteiger partial charge is 0.429 e. The quantitative estimate of drug-likeness (QED) is 0.396. The fraction of sp³-hybridized carbons (Fsp3) is 0.211. The number of nitrogens with one attached hydrogen (secondary N) is 1. The molecule has 4 rings (SSSR count). The molecule has 1 amide bonds. The molecule has 0 saturated carbocycles. The van der Waals surface area contributed by atoms with E-state index in [1.165, 1.54) is 24.0 Å². The number of nitrogens with zero attached hydrogens (tertiary/aromatic N) is 4. The average molecular weight is 515 g/mol. The molecule has 1 aromatic carbocycles. The van der Waals surface area contributed by atoms with Gasteiger partial charge in [0.1, 0.15) is 4.83 Å². The zero-order valence-electron chi connectivity index (χ0n) is 17.3. The van der Waals surface area contributed by atoms with Gasteiger partial charge < -0.3 is 10.1 Å². The third kappa shape index (κ3) is 4.31. The molecule has 0 fully saturated rings. The minimum absolute atomic E-state index is 0.0525. The van der Waals surface area contributed by atoms with Gasteiger partial charge in [-0.15, -0.1) is 11.3 Å². The molecule has 34 heavy (non-hydrogen) atoms. The third-order valence-electron chi connectivity index (χ3n) is 4.72. The van der Waals surface area contributed by atoms with E-state index in [9.17, 15) is 31.9 Å². The second-order valence-corrected chi connectivity index (χ2v) is 8.54. The van der Waals surface area contributed by atoms with E-state index in [0.29, 0.717) is 4.83 Å². The Morgan fingerprint density at radius 1 is 1.18 bits per heavy atom. The summed E-state index contributed by atoms with van der Waals surface area (Å²) < 4.78 is 62.7. The lowest BCUT2D eigenvalue weighted by Crippen LogP contribution is -2.36. The minimum Gasteiger partial charge on any atom is -0.429 e. The van der Waals surface area contributed by atoms with Crippen molar-refractivity contribution in [2.45, 2.75) is 13.0 Å². The molecule has 4 aromatic rings. The van der Waals surface area contributed by atoms with Crippen LogP contribution in [0.15, 0.2) is 27.1 Å². The van der Waals surface area contributed by atoms with Crippen molar-refractivity contribution in [3.8, 4) is 17.0 Å². The monoisotopic (exact) mass is 515 g/mol. The molecule has 0 aliphatic rings. The third-order valence-corrected chi connectivity index (χ3v) is 6.44. The van der Waals surface area contributed by atoms with Crippen LogP contribution in [0.4, 0.5) is 22.7 Å². The van der Waals surface area contributed by atoms with E-state index in [1.54, 1.807) is 0 Å². The molecule has 178 valence electrons. The highest BCUT2D eigenvalue weighted by atomic mass is 32.1. The van der Waals surface area contributed by atoms with Gasteiger partial charge in [0.05, 0.1) is 23.2 Å². The minimum atomic E-state index is -3.39. The maximum absolute atomic E-state index is 14.0. The zero-order valence-corrected chi connectivity index (χ0v) is 18.9. The Bertz CT molecular complexity index is 1520. The van der Waals surface area contributed by atoms with Crippen molar-refractivity contribution in [3.05, 3.63) is 55.7 Å². The maximum atomic E-state index is 14.0. The number of carbonyl (C=O) groups excluding carboxylic acids is 1. The molecule has 0 aliphatic carbocycles. The number of anilines is 1. The number of amides is 1. The number of carbonyl (C=O) groups is 1. The number of fused-ring (bicyclic) bond motifs is 1. The first-order chi connectivity index (χ1) is 16.1. The second kappa shape index (κ2) is 8.98. The molecule has 0 saturated heterocycles.